The fourth-order valence-electron chi connectivity index (χ4n) is 4.56. The Morgan fingerprint density at radius 2 is 1.79 bits per heavy atom. The van der Waals surface area contributed by atoms with Gasteiger partial charge in [-0.3, -0.25) is 25.0 Å². The predicted molar refractivity (Wildman–Crippen MR) is 136 cm³/mol. The van der Waals surface area contributed by atoms with Crippen LogP contribution in [0.25, 0.3) is 17.0 Å². The van der Waals surface area contributed by atoms with E-state index in [9.17, 15) is 24.5 Å². The Morgan fingerprint density at radius 1 is 0.974 bits per heavy atom. The lowest BCUT2D eigenvalue weighted by atomic mass is 10.1. The van der Waals surface area contributed by atoms with Crippen molar-refractivity contribution in [1.29, 1.82) is 0 Å². The average Bonchev–Trinajstić information content (AvgIpc) is 3.51. The van der Waals surface area contributed by atoms with Crippen molar-refractivity contribution in [2.24, 2.45) is 0 Å². The number of hydrogen-bond donors (Lipinski definition) is 1. The SMILES string of the molecule is O=C1NC(=O)N(c2ccc3c(c2)OCO3)C(=O)C1=Cc1cn(Cc2cccc([N+](=O)[O-])c2)c2ccccc12. The van der Waals surface area contributed by atoms with Crippen LogP contribution in [0.3, 0.4) is 0 Å². The minimum absolute atomic E-state index is 0.0148. The minimum atomic E-state index is -0.871. The van der Waals surface area contributed by atoms with Crippen molar-refractivity contribution in [3.8, 4) is 11.5 Å². The van der Waals surface area contributed by atoms with Crippen molar-refractivity contribution in [3.63, 3.8) is 0 Å². The number of rotatable bonds is 5. The summed E-state index contributed by atoms with van der Waals surface area (Å²) < 4.78 is 12.5. The molecule has 3 aromatic carbocycles. The van der Waals surface area contributed by atoms with Gasteiger partial charge in [0.1, 0.15) is 5.57 Å². The van der Waals surface area contributed by atoms with Gasteiger partial charge in [-0.1, -0.05) is 30.3 Å². The maximum atomic E-state index is 13.4. The van der Waals surface area contributed by atoms with E-state index in [-0.39, 0.29) is 23.7 Å². The van der Waals surface area contributed by atoms with E-state index < -0.39 is 22.8 Å². The fraction of sp³-hybridized carbons (Fsp3) is 0.0741. The molecule has 11 nitrogen and oxygen atoms in total. The maximum absolute atomic E-state index is 13.4. The van der Waals surface area contributed by atoms with Gasteiger partial charge in [-0.2, -0.15) is 0 Å². The molecule has 0 atom stereocenters. The number of benzene rings is 3. The molecule has 4 amide bonds. The lowest BCUT2D eigenvalue weighted by molar-refractivity contribution is -0.384. The van der Waals surface area contributed by atoms with Crippen molar-refractivity contribution in [2.75, 3.05) is 11.7 Å². The number of ether oxygens (including phenoxy) is 2. The van der Waals surface area contributed by atoms with E-state index in [1.165, 1.54) is 30.3 Å². The van der Waals surface area contributed by atoms with Crippen molar-refractivity contribution in [1.82, 2.24) is 9.88 Å². The van der Waals surface area contributed by atoms with Crippen LogP contribution in [0.5, 0.6) is 11.5 Å². The number of anilines is 1. The Bertz CT molecular complexity index is 1700. The number of barbiturate groups is 1. The first-order valence-corrected chi connectivity index (χ1v) is 11.5. The molecule has 1 aromatic heterocycles. The van der Waals surface area contributed by atoms with E-state index in [0.717, 1.165) is 15.8 Å². The molecule has 2 aliphatic heterocycles. The van der Waals surface area contributed by atoms with Crippen LogP contribution < -0.4 is 19.7 Å². The van der Waals surface area contributed by atoms with Crippen LogP contribution >= 0.6 is 0 Å². The van der Waals surface area contributed by atoms with Gasteiger partial charge in [-0.05, 0) is 29.8 Å². The smallest absolute Gasteiger partial charge is 0.335 e. The standard InChI is InChI=1S/C27H18N4O7/c32-25-21(26(33)30(27(34)28-25)18-8-9-23-24(12-18)38-15-37-23)11-17-14-29(22-7-2-1-6-20(17)22)13-16-4-3-5-19(10-16)31(35)36/h1-12,14H,13,15H2,(H,28,32,34). The average molecular weight is 510 g/mol. The molecular formula is C27H18N4O7. The zero-order valence-electron chi connectivity index (χ0n) is 19.6. The Morgan fingerprint density at radius 3 is 2.63 bits per heavy atom. The van der Waals surface area contributed by atoms with Gasteiger partial charge < -0.3 is 14.0 Å². The number of hydrogen-bond acceptors (Lipinski definition) is 7. The number of aromatic nitrogens is 1. The Hall–Kier alpha value is -5.45. The molecule has 1 saturated heterocycles. The summed E-state index contributed by atoms with van der Waals surface area (Å²) in [6.07, 6.45) is 3.20. The summed E-state index contributed by atoms with van der Waals surface area (Å²) in [4.78, 5) is 50.4. The zero-order chi connectivity index (χ0) is 26.4. The third-order valence-electron chi connectivity index (χ3n) is 6.31. The first kappa shape index (κ1) is 23.0. The number of amides is 4. The first-order valence-electron chi connectivity index (χ1n) is 11.5. The summed E-state index contributed by atoms with van der Waals surface area (Å²) in [7, 11) is 0. The van der Waals surface area contributed by atoms with Gasteiger partial charge in [-0.15, -0.1) is 0 Å². The van der Waals surface area contributed by atoms with Crippen LogP contribution in [0.15, 0.2) is 78.5 Å². The Balaban J connectivity index is 1.39. The highest BCUT2D eigenvalue weighted by molar-refractivity contribution is 6.39. The van der Waals surface area contributed by atoms with Gasteiger partial charge in [0, 0.05) is 47.4 Å². The second-order valence-corrected chi connectivity index (χ2v) is 8.65. The topological polar surface area (TPSA) is 133 Å². The maximum Gasteiger partial charge on any atom is 0.335 e. The molecule has 0 spiro atoms. The van der Waals surface area contributed by atoms with Crippen LogP contribution in [0.2, 0.25) is 0 Å². The predicted octanol–water partition coefficient (Wildman–Crippen LogP) is 3.99. The Labute approximate surface area is 214 Å². The number of carbonyl (C=O) groups excluding carboxylic acids is 3. The van der Waals surface area contributed by atoms with E-state index >= 15 is 0 Å². The molecule has 188 valence electrons. The van der Waals surface area contributed by atoms with Gasteiger partial charge in [0.2, 0.25) is 6.79 Å². The normalized spacial score (nSPS) is 15.8. The largest absolute Gasteiger partial charge is 0.454 e. The number of nitrogens with zero attached hydrogens (tertiary/aromatic N) is 3. The quantitative estimate of drug-likeness (QED) is 0.186. The van der Waals surface area contributed by atoms with Crippen molar-refractivity contribution < 1.29 is 28.8 Å². The third kappa shape index (κ3) is 3.91. The zero-order valence-corrected chi connectivity index (χ0v) is 19.6. The molecule has 4 aromatic rings. The van der Waals surface area contributed by atoms with Gasteiger partial charge in [0.05, 0.1) is 10.6 Å². The van der Waals surface area contributed by atoms with Crippen LogP contribution in [0, 0.1) is 10.1 Å². The molecule has 6 rings (SSSR count). The number of fused-ring (bicyclic) bond motifs is 2. The first-order chi connectivity index (χ1) is 18.4. The minimum Gasteiger partial charge on any atom is -0.454 e. The highest BCUT2D eigenvalue weighted by Gasteiger charge is 2.37. The monoisotopic (exact) mass is 510 g/mol. The molecule has 0 aliphatic carbocycles. The number of nitrogens with one attached hydrogen (secondary N) is 1. The third-order valence-corrected chi connectivity index (χ3v) is 6.31. The summed E-state index contributed by atoms with van der Waals surface area (Å²) in [5.41, 5.74) is 2.08. The summed E-state index contributed by atoms with van der Waals surface area (Å²) >= 11 is 0. The lowest BCUT2D eigenvalue weighted by Gasteiger charge is -2.26. The van der Waals surface area contributed by atoms with Gasteiger partial charge in [-0.25, -0.2) is 9.69 Å². The fourth-order valence-corrected chi connectivity index (χ4v) is 4.56. The number of non-ortho nitro benzene ring substituents is 1. The number of imide groups is 2. The lowest BCUT2D eigenvalue weighted by Crippen LogP contribution is -2.54. The van der Waals surface area contributed by atoms with Crippen molar-refractivity contribution in [2.45, 2.75) is 6.54 Å². The van der Waals surface area contributed by atoms with Crippen LogP contribution in [-0.4, -0.2) is 34.1 Å². The van der Waals surface area contributed by atoms with Crippen LogP contribution in [0.4, 0.5) is 16.2 Å². The van der Waals surface area contributed by atoms with Crippen molar-refractivity contribution in [3.05, 3.63) is 99.7 Å². The number of carbonyl (C=O) groups is 3. The molecule has 1 N–H and O–H groups in total. The van der Waals surface area contributed by atoms with Gasteiger partial charge in [0.15, 0.2) is 11.5 Å². The van der Waals surface area contributed by atoms with E-state index in [0.29, 0.717) is 29.2 Å². The molecule has 0 saturated carbocycles. The van der Waals surface area contributed by atoms with E-state index in [1.807, 2.05) is 28.8 Å². The van der Waals surface area contributed by atoms with Crippen LogP contribution in [-0.2, 0) is 16.1 Å². The summed E-state index contributed by atoms with van der Waals surface area (Å²) in [6.45, 7) is 0.357. The number of urea groups is 1. The van der Waals surface area contributed by atoms with Gasteiger partial charge in [0.25, 0.3) is 17.5 Å². The number of para-hydroxylation sites is 1. The molecule has 11 heteroatoms. The van der Waals surface area contributed by atoms with E-state index in [1.54, 1.807) is 24.4 Å². The number of nitro benzene ring substituents is 1. The highest BCUT2D eigenvalue weighted by Crippen LogP contribution is 2.36. The van der Waals surface area contributed by atoms with Gasteiger partial charge >= 0.3 is 6.03 Å². The summed E-state index contributed by atoms with van der Waals surface area (Å²) in [5.74, 6) is -0.725. The number of nitro groups is 1. The van der Waals surface area contributed by atoms with Crippen molar-refractivity contribution >= 4 is 46.2 Å². The summed E-state index contributed by atoms with van der Waals surface area (Å²) in [6, 6.07) is 17.5. The second kappa shape index (κ2) is 8.89. The molecule has 1 fully saturated rings. The second-order valence-electron chi connectivity index (χ2n) is 8.65. The highest BCUT2D eigenvalue weighted by atomic mass is 16.7. The molecule has 3 heterocycles. The molecule has 0 unspecified atom stereocenters. The van der Waals surface area contributed by atoms with E-state index in [2.05, 4.69) is 5.32 Å². The molecule has 2 aliphatic rings. The van der Waals surface area contributed by atoms with E-state index in [4.69, 9.17) is 9.47 Å². The molecule has 38 heavy (non-hydrogen) atoms. The summed E-state index contributed by atoms with van der Waals surface area (Å²) in [5, 5.41) is 14.2. The molecular weight excluding hydrogens is 492 g/mol. The van der Waals surface area contributed by atoms with Crippen LogP contribution in [0.1, 0.15) is 11.1 Å². The molecule has 0 radical (unpaired) electrons. The Kier molecular flexibility index (Phi) is 5.38. The molecule has 0 bridgehead atoms.